The fourth-order valence-corrected chi connectivity index (χ4v) is 1.97. The molecule has 0 amide bonds. The maximum absolute atomic E-state index is 5.73. The maximum Gasteiger partial charge on any atom is 0.225 e. The second-order valence-electron chi connectivity index (χ2n) is 3.73. The maximum atomic E-state index is 5.73. The molecule has 0 aliphatic heterocycles. The van der Waals surface area contributed by atoms with E-state index in [0.717, 1.165) is 6.42 Å². The van der Waals surface area contributed by atoms with Gasteiger partial charge >= 0.3 is 0 Å². The van der Waals surface area contributed by atoms with Crippen LogP contribution in [0.15, 0.2) is 12.3 Å². The normalized spacial score (nSPS) is 26.4. The van der Waals surface area contributed by atoms with Crippen molar-refractivity contribution in [3.63, 3.8) is 0 Å². The minimum atomic E-state index is 0.244. The van der Waals surface area contributed by atoms with Crippen LogP contribution in [-0.4, -0.2) is 16.1 Å². The van der Waals surface area contributed by atoms with Crippen LogP contribution in [0.4, 0.5) is 0 Å². The van der Waals surface area contributed by atoms with E-state index in [1.165, 1.54) is 12.8 Å². The highest BCUT2D eigenvalue weighted by atomic mass is 35.5. The van der Waals surface area contributed by atoms with E-state index < -0.39 is 0 Å². The summed E-state index contributed by atoms with van der Waals surface area (Å²) in [5.41, 5.74) is 0. The molecule has 1 aromatic rings. The lowest BCUT2D eigenvalue weighted by atomic mass is 10.1. The van der Waals surface area contributed by atoms with Crippen molar-refractivity contribution in [2.45, 2.75) is 32.3 Å². The van der Waals surface area contributed by atoms with Crippen LogP contribution in [0.1, 0.15) is 26.2 Å². The molecule has 2 rings (SSSR count). The van der Waals surface area contributed by atoms with Gasteiger partial charge in [-0.3, -0.25) is 0 Å². The Morgan fingerprint density at radius 2 is 2.36 bits per heavy atom. The van der Waals surface area contributed by atoms with Gasteiger partial charge in [-0.15, -0.1) is 0 Å². The van der Waals surface area contributed by atoms with Crippen molar-refractivity contribution < 1.29 is 4.74 Å². The molecule has 1 aliphatic rings. The van der Waals surface area contributed by atoms with E-state index in [0.29, 0.717) is 17.9 Å². The van der Waals surface area contributed by atoms with Gasteiger partial charge in [0.1, 0.15) is 6.10 Å². The van der Waals surface area contributed by atoms with E-state index >= 15 is 0 Å². The van der Waals surface area contributed by atoms with E-state index in [9.17, 15) is 0 Å². The molecule has 1 aliphatic carbocycles. The number of aromatic nitrogens is 2. The quantitative estimate of drug-likeness (QED) is 0.707. The molecule has 0 aromatic carbocycles. The van der Waals surface area contributed by atoms with Crippen LogP contribution >= 0.6 is 11.6 Å². The van der Waals surface area contributed by atoms with Gasteiger partial charge in [0.2, 0.25) is 11.2 Å². The van der Waals surface area contributed by atoms with Crippen LogP contribution in [-0.2, 0) is 0 Å². The zero-order valence-electron chi connectivity index (χ0n) is 8.11. The molecular weight excluding hydrogens is 200 g/mol. The first-order valence-corrected chi connectivity index (χ1v) is 5.28. The summed E-state index contributed by atoms with van der Waals surface area (Å²) in [7, 11) is 0. The smallest absolute Gasteiger partial charge is 0.225 e. The van der Waals surface area contributed by atoms with E-state index in [4.69, 9.17) is 16.3 Å². The van der Waals surface area contributed by atoms with Crippen molar-refractivity contribution in [2.24, 2.45) is 5.92 Å². The van der Waals surface area contributed by atoms with Crippen LogP contribution in [0.2, 0.25) is 5.28 Å². The first kappa shape index (κ1) is 9.71. The molecule has 0 bridgehead atoms. The molecular formula is C10H13ClN2O. The molecule has 1 heterocycles. The van der Waals surface area contributed by atoms with E-state index in [1.54, 1.807) is 12.3 Å². The molecule has 4 heteroatoms. The average molecular weight is 213 g/mol. The highest BCUT2D eigenvalue weighted by Gasteiger charge is 2.25. The molecule has 1 fully saturated rings. The summed E-state index contributed by atoms with van der Waals surface area (Å²) in [6, 6.07) is 1.75. The molecule has 0 N–H and O–H groups in total. The van der Waals surface area contributed by atoms with Gasteiger partial charge in [0.25, 0.3) is 0 Å². The van der Waals surface area contributed by atoms with Gasteiger partial charge in [0.15, 0.2) is 0 Å². The highest BCUT2D eigenvalue weighted by Crippen LogP contribution is 2.28. The third-order valence-corrected chi connectivity index (χ3v) is 2.84. The second-order valence-corrected chi connectivity index (χ2v) is 4.07. The first-order valence-electron chi connectivity index (χ1n) is 4.91. The number of hydrogen-bond donors (Lipinski definition) is 0. The van der Waals surface area contributed by atoms with Crippen molar-refractivity contribution in [3.8, 4) is 5.88 Å². The Morgan fingerprint density at radius 3 is 3.00 bits per heavy atom. The largest absolute Gasteiger partial charge is 0.474 e. The Hall–Kier alpha value is -0.830. The van der Waals surface area contributed by atoms with Crippen molar-refractivity contribution >= 4 is 11.6 Å². The lowest BCUT2D eigenvalue weighted by Crippen LogP contribution is -2.19. The van der Waals surface area contributed by atoms with Gasteiger partial charge in [-0.2, -0.15) is 4.98 Å². The summed E-state index contributed by atoms with van der Waals surface area (Å²) in [5, 5.41) is 0.244. The van der Waals surface area contributed by atoms with Gasteiger partial charge in [0.05, 0.1) is 0 Å². The standard InChI is InChI=1S/C10H13ClN2O/c1-7-3-2-4-8(7)14-9-5-6-12-10(11)13-9/h5-8H,2-4H2,1H3/t7-,8-/m1/s1. The minimum absolute atomic E-state index is 0.244. The Kier molecular flexibility index (Phi) is 2.87. The summed E-state index contributed by atoms with van der Waals surface area (Å²) in [6.07, 6.45) is 5.50. The van der Waals surface area contributed by atoms with Crippen LogP contribution in [0.5, 0.6) is 5.88 Å². The van der Waals surface area contributed by atoms with E-state index in [-0.39, 0.29) is 5.28 Å². The van der Waals surface area contributed by atoms with Gasteiger partial charge < -0.3 is 4.74 Å². The molecule has 1 saturated carbocycles. The predicted octanol–water partition coefficient (Wildman–Crippen LogP) is 2.70. The van der Waals surface area contributed by atoms with E-state index in [2.05, 4.69) is 16.9 Å². The van der Waals surface area contributed by atoms with Crippen molar-refractivity contribution in [1.82, 2.24) is 9.97 Å². The highest BCUT2D eigenvalue weighted by molar-refractivity contribution is 6.28. The summed E-state index contributed by atoms with van der Waals surface area (Å²) in [6.45, 7) is 2.21. The molecule has 0 unspecified atom stereocenters. The van der Waals surface area contributed by atoms with Crippen molar-refractivity contribution in [1.29, 1.82) is 0 Å². The lowest BCUT2D eigenvalue weighted by Gasteiger charge is -2.16. The lowest BCUT2D eigenvalue weighted by molar-refractivity contribution is 0.160. The Morgan fingerprint density at radius 1 is 1.50 bits per heavy atom. The number of ether oxygens (including phenoxy) is 1. The monoisotopic (exact) mass is 212 g/mol. The van der Waals surface area contributed by atoms with Crippen LogP contribution in [0.3, 0.4) is 0 Å². The Labute approximate surface area is 88.5 Å². The second kappa shape index (κ2) is 4.13. The van der Waals surface area contributed by atoms with Crippen LogP contribution in [0, 0.1) is 5.92 Å². The van der Waals surface area contributed by atoms with Gasteiger partial charge in [-0.25, -0.2) is 4.98 Å². The molecule has 1 aromatic heterocycles. The van der Waals surface area contributed by atoms with Crippen LogP contribution in [0.25, 0.3) is 0 Å². The van der Waals surface area contributed by atoms with Crippen molar-refractivity contribution in [3.05, 3.63) is 17.5 Å². The molecule has 76 valence electrons. The first-order chi connectivity index (χ1) is 6.75. The van der Waals surface area contributed by atoms with Gasteiger partial charge in [-0.1, -0.05) is 6.92 Å². The minimum Gasteiger partial charge on any atom is -0.474 e. The topological polar surface area (TPSA) is 35.0 Å². The van der Waals surface area contributed by atoms with Gasteiger partial charge in [0, 0.05) is 12.3 Å². The summed E-state index contributed by atoms with van der Waals surface area (Å²) in [5.74, 6) is 1.20. The Balaban J connectivity index is 2.03. The number of nitrogens with zero attached hydrogens (tertiary/aromatic N) is 2. The molecule has 0 radical (unpaired) electrons. The SMILES string of the molecule is C[C@@H]1CCC[C@H]1Oc1ccnc(Cl)n1. The fraction of sp³-hybridized carbons (Fsp3) is 0.600. The number of halogens is 1. The van der Waals surface area contributed by atoms with E-state index in [1.807, 2.05) is 0 Å². The van der Waals surface area contributed by atoms with Crippen LogP contribution < -0.4 is 4.74 Å². The summed E-state index contributed by atoms with van der Waals surface area (Å²) in [4.78, 5) is 7.81. The zero-order valence-corrected chi connectivity index (χ0v) is 8.87. The predicted molar refractivity (Wildman–Crippen MR) is 54.5 cm³/mol. The zero-order chi connectivity index (χ0) is 9.97. The molecule has 0 spiro atoms. The number of hydrogen-bond acceptors (Lipinski definition) is 3. The summed E-state index contributed by atoms with van der Waals surface area (Å²) < 4.78 is 5.73. The number of rotatable bonds is 2. The third-order valence-electron chi connectivity index (χ3n) is 2.66. The molecule has 14 heavy (non-hydrogen) atoms. The third kappa shape index (κ3) is 2.15. The molecule has 0 saturated heterocycles. The van der Waals surface area contributed by atoms with Crippen molar-refractivity contribution in [2.75, 3.05) is 0 Å². The Bertz CT molecular complexity index is 319. The molecule has 2 atom stereocenters. The average Bonchev–Trinajstić information content (AvgIpc) is 2.52. The summed E-state index contributed by atoms with van der Waals surface area (Å²) >= 11 is 5.66. The molecule has 3 nitrogen and oxygen atoms in total. The fourth-order valence-electron chi connectivity index (χ4n) is 1.83. The van der Waals surface area contributed by atoms with Gasteiger partial charge in [-0.05, 0) is 36.8 Å².